The molecule has 0 radical (unpaired) electrons. The van der Waals surface area contributed by atoms with E-state index >= 15 is 0 Å². The zero-order valence-electron chi connectivity index (χ0n) is 17.2. The first kappa shape index (κ1) is 22.5. The molecule has 2 saturated heterocycles. The lowest BCUT2D eigenvalue weighted by atomic mass is 10.0. The van der Waals surface area contributed by atoms with Gasteiger partial charge >= 0.3 is 5.97 Å². The summed E-state index contributed by atoms with van der Waals surface area (Å²) in [5.74, 6) is -2.28. The second-order valence-electron chi connectivity index (χ2n) is 7.88. The number of likely N-dealkylation sites (tertiary alicyclic amines) is 1. The highest BCUT2D eigenvalue weighted by atomic mass is 16.4. The number of rotatable bonds is 8. The Morgan fingerprint density at radius 3 is 2.52 bits per heavy atom. The van der Waals surface area contributed by atoms with E-state index in [9.17, 15) is 24.3 Å². The third-order valence-electron chi connectivity index (χ3n) is 5.62. The van der Waals surface area contributed by atoms with Gasteiger partial charge in [-0.3, -0.25) is 19.2 Å². The van der Waals surface area contributed by atoms with Crippen molar-refractivity contribution in [3.63, 3.8) is 0 Å². The topological polar surface area (TPSA) is 148 Å². The van der Waals surface area contributed by atoms with Crippen molar-refractivity contribution in [3.8, 4) is 5.75 Å². The number of hydrogen-bond acceptors (Lipinski definition) is 6. The number of benzene rings is 1. The van der Waals surface area contributed by atoms with Gasteiger partial charge in [0, 0.05) is 13.0 Å². The smallest absolute Gasteiger partial charge is 0.322 e. The third kappa shape index (κ3) is 5.94. The molecule has 3 atom stereocenters. The SMILES string of the molecule is O=C(O)CNC(=O)C(Cc1ccc(O)cc1)NC(=O)C1CCCN1C(=O)C1CCCN1. The number of hydrogen-bond donors (Lipinski definition) is 5. The minimum Gasteiger partial charge on any atom is -0.508 e. The van der Waals surface area contributed by atoms with Crippen molar-refractivity contribution in [1.82, 2.24) is 20.9 Å². The van der Waals surface area contributed by atoms with Crippen molar-refractivity contribution in [1.29, 1.82) is 0 Å². The molecule has 0 aromatic heterocycles. The number of carbonyl (C=O) groups is 4. The number of aliphatic carboxylic acids is 1. The molecule has 2 fully saturated rings. The monoisotopic (exact) mass is 432 g/mol. The van der Waals surface area contributed by atoms with Crippen LogP contribution in [0, 0.1) is 0 Å². The third-order valence-corrected chi connectivity index (χ3v) is 5.62. The predicted molar refractivity (Wildman–Crippen MR) is 110 cm³/mol. The first-order valence-corrected chi connectivity index (χ1v) is 10.5. The zero-order chi connectivity index (χ0) is 22.4. The number of nitrogens with zero attached hydrogens (tertiary/aromatic N) is 1. The van der Waals surface area contributed by atoms with Gasteiger partial charge in [0.05, 0.1) is 6.04 Å². The number of aromatic hydroxyl groups is 1. The summed E-state index contributed by atoms with van der Waals surface area (Å²) in [5.41, 5.74) is 0.683. The van der Waals surface area contributed by atoms with E-state index in [-0.39, 0.29) is 24.1 Å². The minimum atomic E-state index is -1.19. The minimum absolute atomic E-state index is 0.0697. The molecule has 10 heteroatoms. The molecule has 5 N–H and O–H groups in total. The fraction of sp³-hybridized carbons (Fsp3) is 0.524. The van der Waals surface area contributed by atoms with Gasteiger partial charge in [-0.05, 0) is 49.9 Å². The second-order valence-corrected chi connectivity index (χ2v) is 7.88. The van der Waals surface area contributed by atoms with E-state index in [0.717, 1.165) is 19.4 Å². The van der Waals surface area contributed by atoms with E-state index in [2.05, 4.69) is 16.0 Å². The molecule has 0 aliphatic carbocycles. The molecule has 3 amide bonds. The molecule has 2 heterocycles. The lowest BCUT2D eigenvalue weighted by Crippen LogP contribution is -2.56. The van der Waals surface area contributed by atoms with Crippen LogP contribution in [0.5, 0.6) is 5.75 Å². The van der Waals surface area contributed by atoms with E-state index < -0.39 is 36.4 Å². The summed E-state index contributed by atoms with van der Waals surface area (Å²) < 4.78 is 0. The summed E-state index contributed by atoms with van der Waals surface area (Å²) in [5, 5.41) is 26.4. The molecule has 3 rings (SSSR count). The zero-order valence-corrected chi connectivity index (χ0v) is 17.2. The summed E-state index contributed by atoms with van der Waals surface area (Å²) in [6.07, 6.45) is 2.98. The summed E-state index contributed by atoms with van der Waals surface area (Å²) in [7, 11) is 0. The van der Waals surface area contributed by atoms with Gasteiger partial charge < -0.3 is 31.1 Å². The van der Waals surface area contributed by atoms with Crippen molar-refractivity contribution in [3.05, 3.63) is 29.8 Å². The molecule has 10 nitrogen and oxygen atoms in total. The first-order chi connectivity index (χ1) is 14.8. The average molecular weight is 432 g/mol. The van der Waals surface area contributed by atoms with Crippen molar-refractivity contribution in [2.75, 3.05) is 19.6 Å². The molecule has 1 aromatic rings. The molecule has 31 heavy (non-hydrogen) atoms. The van der Waals surface area contributed by atoms with Crippen LogP contribution in [0.1, 0.15) is 31.2 Å². The van der Waals surface area contributed by atoms with Gasteiger partial charge in [-0.15, -0.1) is 0 Å². The van der Waals surface area contributed by atoms with Crippen LogP contribution in [0.3, 0.4) is 0 Å². The lowest BCUT2D eigenvalue weighted by Gasteiger charge is -2.28. The van der Waals surface area contributed by atoms with Crippen LogP contribution in [0.25, 0.3) is 0 Å². The molecule has 0 bridgehead atoms. The molecule has 0 spiro atoms. The van der Waals surface area contributed by atoms with Crippen LogP contribution < -0.4 is 16.0 Å². The number of carboxylic acid groups (broad SMARTS) is 1. The molecule has 2 aliphatic heterocycles. The molecule has 1 aromatic carbocycles. The fourth-order valence-electron chi connectivity index (χ4n) is 4.03. The standard InChI is InChI=1S/C21H28N4O6/c26-14-7-5-13(6-8-14)11-16(19(29)23-12-18(27)28)24-20(30)17-4-2-10-25(17)21(31)15-3-1-9-22-15/h5-8,15-17,22,26H,1-4,9-12H2,(H,23,29)(H,24,30)(H,27,28). The molecular weight excluding hydrogens is 404 g/mol. The van der Waals surface area contributed by atoms with E-state index in [1.54, 1.807) is 17.0 Å². The maximum absolute atomic E-state index is 13.0. The van der Waals surface area contributed by atoms with Gasteiger partial charge in [-0.1, -0.05) is 12.1 Å². The normalized spacial score (nSPS) is 21.5. The largest absolute Gasteiger partial charge is 0.508 e. The van der Waals surface area contributed by atoms with Crippen LogP contribution in [-0.4, -0.2) is 76.6 Å². The lowest BCUT2D eigenvalue weighted by molar-refractivity contribution is -0.141. The van der Waals surface area contributed by atoms with Gasteiger partial charge in [0.25, 0.3) is 0 Å². The fourth-order valence-corrected chi connectivity index (χ4v) is 4.03. The highest BCUT2D eigenvalue weighted by Gasteiger charge is 2.39. The molecule has 0 saturated carbocycles. The number of carbonyl (C=O) groups excluding carboxylic acids is 3. The Labute approximate surface area is 180 Å². The number of nitrogens with one attached hydrogen (secondary N) is 3. The first-order valence-electron chi connectivity index (χ1n) is 10.5. The summed E-state index contributed by atoms with van der Waals surface area (Å²) in [4.78, 5) is 50.8. The van der Waals surface area contributed by atoms with Crippen LogP contribution in [0.2, 0.25) is 0 Å². The average Bonchev–Trinajstić information content (AvgIpc) is 3.44. The van der Waals surface area contributed by atoms with Gasteiger partial charge in [0.2, 0.25) is 17.7 Å². The van der Waals surface area contributed by atoms with Crippen molar-refractivity contribution >= 4 is 23.7 Å². The van der Waals surface area contributed by atoms with Crippen LogP contribution in [0.4, 0.5) is 0 Å². The Kier molecular flexibility index (Phi) is 7.45. The number of phenolic OH excluding ortho intramolecular Hbond substituents is 1. The summed E-state index contributed by atoms with van der Waals surface area (Å²) in [6, 6.07) is 4.22. The van der Waals surface area contributed by atoms with Crippen LogP contribution >= 0.6 is 0 Å². The van der Waals surface area contributed by atoms with E-state index in [4.69, 9.17) is 5.11 Å². The maximum Gasteiger partial charge on any atom is 0.322 e. The second kappa shape index (κ2) is 10.3. The van der Waals surface area contributed by atoms with Gasteiger partial charge in [0.1, 0.15) is 24.4 Å². The maximum atomic E-state index is 13.0. The van der Waals surface area contributed by atoms with Gasteiger partial charge in [0.15, 0.2) is 0 Å². The van der Waals surface area contributed by atoms with Gasteiger partial charge in [-0.25, -0.2) is 0 Å². The highest BCUT2D eigenvalue weighted by molar-refractivity contribution is 5.94. The molecule has 2 aliphatic rings. The van der Waals surface area contributed by atoms with E-state index in [1.165, 1.54) is 12.1 Å². The summed E-state index contributed by atoms with van der Waals surface area (Å²) >= 11 is 0. The van der Waals surface area contributed by atoms with Crippen molar-refractivity contribution in [2.24, 2.45) is 0 Å². The van der Waals surface area contributed by atoms with E-state index in [0.29, 0.717) is 24.9 Å². The molecule has 3 unspecified atom stereocenters. The molecule has 168 valence electrons. The quantitative estimate of drug-likeness (QED) is 0.367. The molecular formula is C21H28N4O6. The van der Waals surface area contributed by atoms with Crippen molar-refractivity contribution < 1.29 is 29.4 Å². The summed E-state index contributed by atoms with van der Waals surface area (Å²) in [6.45, 7) is 0.699. The Balaban J connectivity index is 1.69. The Morgan fingerprint density at radius 1 is 1.13 bits per heavy atom. The van der Waals surface area contributed by atoms with Crippen LogP contribution in [-0.2, 0) is 25.6 Å². The Bertz CT molecular complexity index is 822. The number of phenols is 1. The Hall–Kier alpha value is -3.14. The van der Waals surface area contributed by atoms with Crippen molar-refractivity contribution in [2.45, 2.75) is 50.2 Å². The van der Waals surface area contributed by atoms with Gasteiger partial charge in [-0.2, -0.15) is 0 Å². The van der Waals surface area contributed by atoms with Crippen LogP contribution in [0.15, 0.2) is 24.3 Å². The highest BCUT2D eigenvalue weighted by Crippen LogP contribution is 2.21. The Morgan fingerprint density at radius 2 is 1.87 bits per heavy atom. The van der Waals surface area contributed by atoms with E-state index in [1.807, 2.05) is 0 Å². The number of carboxylic acids is 1. The predicted octanol–water partition coefficient (Wildman–Crippen LogP) is -0.637. The number of amides is 3.